The Morgan fingerprint density at radius 3 is 2.95 bits per heavy atom. The first-order chi connectivity index (χ1) is 10.4. The fourth-order valence-corrected chi connectivity index (χ4v) is 4.52. The number of hydrogen-bond donors (Lipinski definition) is 1. The van der Waals surface area contributed by atoms with E-state index >= 15 is 0 Å². The van der Waals surface area contributed by atoms with Crippen molar-refractivity contribution < 1.29 is 9.21 Å². The first-order valence-electron chi connectivity index (χ1n) is 7.32. The van der Waals surface area contributed by atoms with Gasteiger partial charge in [-0.25, -0.2) is 0 Å². The minimum Gasteiger partial charge on any atom is -0.459 e. The van der Waals surface area contributed by atoms with Gasteiger partial charge in [0.05, 0.1) is 11.8 Å². The summed E-state index contributed by atoms with van der Waals surface area (Å²) in [7, 11) is 0. The summed E-state index contributed by atoms with van der Waals surface area (Å²) in [5.41, 5.74) is 1.90. The highest BCUT2D eigenvalue weighted by Gasteiger charge is 2.34. The van der Waals surface area contributed by atoms with Crippen molar-refractivity contribution >= 4 is 22.2 Å². The van der Waals surface area contributed by atoms with Crippen molar-refractivity contribution in [2.24, 2.45) is 5.41 Å². The van der Waals surface area contributed by atoms with Crippen LogP contribution in [0, 0.1) is 16.7 Å². The average Bonchev–Trinajstić information content (AvgIpc) is 3.05. The molecule has 0 unspecified atom stereocenters. The fourth-order valence-electron chi connectivity index (χ4n) is 3.31. The Labute approximate surface area is 133 Å². The quantitative estimate of drug-likeness (QED) is 0.885. The maximum atomic E-state index is 12.2. The summed E-state index contributed by atoms with van der Waals surface area (Å²) < 4.78 is 5.11. The number of fused-ring (bicyclic) bond motifs is 1. The van der Waals surface area contributed by atoms with Gasteiger partial charge in [0.2, 0.25) is 0 Å². The van der Waals surface area contributed by atoms with Crippen LogP contribution in [0.25, 0.3) is 0 Å². The molecule has 1 aliphatic rings. The van der Waals surface area contributed by atoms with Gasteiger partial charge in [0.1, 0.15) is 11.1 Å². The van der Waals surface area contributed by atoms with Crippen molar-refractivity contribution in [3.05, 3.63) is 40.2 Å². The summed E-state index contributed by atoms with van der Waals surface area (Å²) in [4.78, 5) is 13.4. The number of furan rings is 1. The molecule has 2 aromatic rings. The van der Waals surface area contributed by atoms with Crippen molar-refractivity contribution in [3.8, 4) is 6.07 Å². The second kappa shape index (κ2) is 5.29. The number of carbonyl (C=O) groups is 1. The first kappa shape index (κ1) is 14.9. The second-order valence-corrected chi connectivity index (χ2v) is 7.69. The summed E-state index contributed by atoms with van der Waals surface area (Å²) in [5, 5.41) is 13.0. The van der Waals surface area contributed by atoms with Crippen LogP contribution in [0.2, 0.25) is 0 Å². The number of nitrogens with zero attached hydrogens (tertiary/aromatic N) is 1. The van der Waals surface area contributed by atoms with Crippen LogP contribution in [0.5, 0.6) is 0 Å². The lowest BCUT2D eigenvalue weighted by molar-refractivity contribution is 0.0997. The molecule has 22 heavy (non-hydrogen) atoms. The summed E-state index contributed by atoms with van der Waals surface area (Å²) in [5.74, 6) is 0.348. The van der Waals surface area contributed by atoms with E-state index in [1.165, 1.54) is 22.5 Å². The molecule has 114 valence electrons. The molecule has 0 aliphatic heterocycles. The largest absolute Gasteiger partial charge is 0.459 e. The summed E-state index contributed by atoms with van der Waals surface area (Å²) >= 11 is 1.52. The van der Waals surface area contributed by atoms with Crippen LogP contribution in [0.15, 0.2) is 22.8 Å². The average molecular weight is 314 g/mol. The van der Waals surface area contributed by atoms with E-state index in [-0.39, 0.29) is 17.1 Å². The molecule has 1 N–H and O–H groups in total. The molecule has 1 atom stereocenters. The molecule has 0 aromatic carbocycles. The highest BCUT2D eigenvalue weighted by atomic mass is 32.1. The van der Waals surface area contributed by atoms with Gasteiger partial charge in [0.25, 0.3) is 5.91 Å². The molecule has 0 saturated heterocycles. The normalized spacial score (nSPS) is 19.3. The molecule has 0 saturated carbocycles. The highest BCUT2D eigenvalue weighted by molar-refractivity contribution is 7.16. The van der Waals surface area contributed by atoms with Crippen molar-refractivity contribution in [2.45, 2.75) is 39.5 Å². The Balaban J connectivity index is 1.97. The third-order valence-electron chi connectivity index (χ3n) is 4.08. The van der Waals surface area contributed by atoms with Gasteiger partial charge >= 0.3 is 0 Å². The molecular formula is C17H18N2O2S. The van der Waals surface area contributed by atoms with E-state index < -0.39 is 0 Å². The number of carbonyl (C=O) groups excluding carboxylic acids is 1. The maximum absolute atomic E-state index is 12.2. The van der Waals surface area contributed by atoms with E-state index in [0.717, 1.165) is 18.4 Å². The van der Waals surface area contributed by atoms with Crippen LogP contribution in [0.4, 0.5) is 5.00 Å². The number of hydrogen-bond acceptors (Lipinski definition) is 4. The van der Waals surface area contributed by atoms with Gasteiger partial charge in [0.15, 0.2) is 5.76 Å². The zero-order valence-electron chi connectivity index (χ0n) is 12.9. The smallest absolute Gasteiger partial charge is 0.291 e. The van der Waals surface area contributed by atoms with E-state index in [9.17, 15) is 10.1 Å². The van der Waals surface area contributed by atoms with Crippen molar-refractivity contribution in [1.29, 1.82) is 5.26 Å². The molecule has 0 radical (unpaired) electrons. The predicted molar refractivity (Wildman–Crippen MR) is 86.2 cm³/mol. The lowest BCUT2D eigenvalue weighted by atomic mass is 9.72. The van der Waals surface area contributed by atoms with Crippen molar-refractivity contribution in [1.82, 2.24) is 0 Å². The van der Waals surface area contributed by atoms with Gasteiger partial charge < -0.3 is 9.73 Å². The van der Waals surface area contributed by atoms with Gasteiger partial charge in [0, 0.05) is 4.88 Å². The Hall–Kier alpha value is -2.06. The van der Waals surface area contributed by atoms with Gasteiger partial charge in [-0.05, 0) is 41.9 Å². The molecule has 0 bridgehead atoms. The van der Waals surface area contributed by atoms with Crippen molar-refractivity contribution in [3.63, 3.8) is 0 Å². The molecule has 0 fully saturated rings. The second-order valence-electron chi connectivity index (χ2n) is 6.64. The number of anilines is 1. The number of rotatable bonds is 2. The van der Waals surface area contributed by atoms with Crippen LogP contribution in [-0.4, -0.2) is 5.91 Å². The molecule has 1 amide bonds. The summed E-state index contributed by atoms with van der Waals surface area (Å²) in [6.07, 6.45) is 3.43. The Morgan fingerprint density at radius 2 is 2.32 bits per heavy atom. The van der Waals surface area contributed by atoms with Crippen molar-refractivity contribution in [2.75, 3.05) is 5.32 Å². The molecule has 2 heterocycles. The topological polar surface area (TPSA) is 66.0 Å². The zero-order chi connectivity index (χ0) is 15.9. The molecule has 2 aromatic heterocycles. The number of nitrogens with one attached hydrogen (secondary N) is 1. The number of thiophene rings is 1. The van der Waals surface area contributed by atoms with Crippen LogP contribution >= 0.6 is 11.3 Å². The van der Waals surface area contributed by atoms with Gasteiger partial charge in [-0.2, -0.15) is 5.26 Å². The third-order valence-corrected chi connectivity index (χ3v) is 5.46. The van der Waals surface area contributed by atoms with Gasteiger partial charge in [-0.3, -0.25) is 4.79 Å². The van der Waals surface area contributed by atoms with E-state index in [0.29, 0.717) is 16.5 Å². The van der Waals surface area contributed by atoms with Gasteiger partial charge in [-0.1, -0.05) is 20.8 Å². The Morgan fingerprint density at radius 1 is 1.55 bits per heavy atom. The highest BCUT2D eigenvalue weighted by Crippen LogP contribution is 2.48. The lowest BCUT2D eigenvalue weighted by Crippen LogP contribution is -2.23. The first-order valence-corrected chi connectivity index (χ1v) is 8.13. The number of nitriles is 1. The monoisotopic (exact) mass is 314 g/mol. The fraction of sp³-hybridized carbons (Fsp3) is 0.412. The molecule has 0 spiro atoms. The van der Waals surface area contributed by atoms with E-state index in [1.54, 1.807) is 12.1 Å². The predicted octanol–water partition coefficient (Wildman–Crippen LogP) is 4.54. The minimum atomic E-state index is -0.313. The molecule has 5 heteroatoms. The Kier molecular flexibility index (Phi) is 3.57. The molecular weight excluding hydrogens is 296 g/mol. The standard InChI is InChI=1S/C17H18N2O2S/c1-10-7-17(2,3)8-11-12(9-18)16(22-14(10)11)19-15(20)13-5-4-6-21-13/h4-6,10H,7-8H2,1-3H3,(H,19,20)/t10-/m1/s1. The SMILES string of the molecule is C[C@@H]1CC(C)(C)Cc2c1sc(NC(=O)c1ccco1)c2C#N. The molecule has 4 nitrogen and oxygen atoms in total. The number of amides is 1. The van der Waals surface area contributed by atoms with E-state index in [4.69, 9.17) is 4.42 Å². The summed E-state index contributed by atoms with van der Waals surface area (Å²) in [6.45, 7) is 6.65. The van der Waals surface area contributed by atoms with Crippen LogP contribution in [-0.2, 0) is 6.42 Å². The molecule has 1 aliphatic carbocycles. The van der Waals surface area contributed by atoms with E-state index in [1.807, 2.05) is 0 Å². The third kappa shape index (κ3) is 2.55. The molecule has 3 rings (SSSR count). The van der Waals surface area contributed by atoms with E-state index in [2.05, 4.69) is 32.2 Å². The van der Waals surface area contributed by atoms with Crippen LogP contribution < -0.4 is 5.32 Å². The minimum absolute atomic E-state index is 0.182. The van der Waals surface area contributed by atoms with Crippen LogP contribution in [0.3, 0.4) is 0 Å². The zero-order valence-corrected chi connectivity index (χ0v) is 13.7. The van der Waals surface area contributed by atoms with Gasteiger partial charge in [-0.15, -0.1) is 11.3 Å². The maximum Gasteiger partial charge on any atom is 0.291 e. The summed E-state index contributed by atoms with van der Waals surface area (Å²) in [6, 6.07) is 5.56. The Bertz CT molecular complexity index is 750. The van der Waals surface area contributed by atoms with Crippen LogP contribution in [0.1, 0.15) is 59.7 Å². The lowest BCUT2D eigenvalue weighted by Gasteiger charge is -2.33.